The third-order valence-corrected chi connectivity index (χ3v) is 2.07. The van der Waals surface area contributed by atoms with E-state index in [1.807, 2.05) is 30.3 Å². The molecule has 1 aromatic rings. The minimum absolute atomic E-state index is 0.271. The van der Waals surface area contributed by atoms with Crippen molar-refractivity contribution in [1.29, 1.82) is 0 Å². The first kappa shape index (κ1) is 12.0. The molecule has 4 heteroatoms. The van der Waals surface area contributed by atoms with Crippen molar-refractivity contribution in [2.24, 2.45) is 5.73 Å². The molecule has 0 aliphatic carbocycles. The Morgan fingerprint density at radius 2 is 1.94 bits per heavy atom. The van der Waals surface area contributed by atoms with Crippen LogP contribution >= 0.6 is 0 Å². The molecule has 0 heterocycles. The van der Waals surface area contributed by atoms with Crippen molar-refractivity contribution >= 4 is 18.0 Å². The lowest BCUT2D eigenvalue weighted by molar-refractivity contribution is -0.122. The van der Waals surface area contributed by atoms with Crippen LogP contribution < -0.4 is 5.73 Å². The summed E-state index contributed by atoms with van der Waals surface area (Å²) in [7, 11) is 0. The van der Waals surface area contributed by atoms with Gasteiger partial charge in [-0.05, 0) is 18.6 Å². The van der Waals surface area contributed by atoms with Gasteiger partial charge in [0.15, 0.2) is 0 Å². The Hall–Kier alpha value is -2.10. The van der Waals surface area contributed by atoms with E-state index in [9.17, 15) is 9.59 Å². The van der Waals surface area contributed by atoms with Crippen molar-refractivity contribution in [3.8, 4) is 0 Å². The summed E-state index contributed by atoms with van der Waals surface area (Å²) in [4.78, 5) is 23.4. The molecule has 3 amide bonds. The maximum atomic E-state index is 11.5. The number of carbonyl (C=O) groups excluding carboxylic acids is 2. The van der Waals surface area contributed by atoms with E-state index in [-0.39, 0.29) is 6.54 Å². The monoisotopic (exact) mass is 218 g/mol. The van der Waals surface area contributed by atoms with Gasteiger partial charge in [0, 0.05) is 12.6 Å². The van der Waals surface area contributed by atoms with Crippen LogP contribution in [0.3, 0.4) is 0 Å². The number of nitrogens with zero attached hydrogens (tertiary/aromatic N) is 1. The summed E-state index contributed by atoms with van der Waals surface area (Å²) in [5.74, 6) is -0.404. The van der Waals surface area contributed by atoms with Crippen molar-refractivity contribution < 1.29 is 9.59 Å². The Kier molecular flexibility index (Phi) is 4.27. The lowest BCUT2D eigenvalue weighted by Crippen LogP contribution is -2.39. The quantitative estimate of drug-likeness (QED) is 0.783. The second-order valence-corrected chi connectivity index (χ2v) is 3.16. The predicted octanol–water partition coefficient (Wildman–Crippen LogP) is 1.63. The SMILES string of the molecule is CCN(C(N)=O)C(=O)/C=C/c1ccccc1. The number of benzene rings is 1. The molecule has 0 saturated heterocycles. The van der Waals surface area contributed by atoms with Gasteiger partial charge in [0.2, 0.25) is 0 Å². The average Bonchev–Trinajstić information content (AvgIpc) is 2.28. The summed E-state index contributed by atoms with van der Waals surface area (Å²) in [6.45, 7) is 1.96. The topological polar surface area (TPSA) is 63.4 Å². The molecule has 0 spiro atoms. The van der Waals surface area contributed by atoms with Gasteiger partial charge in [0.25, 0.3) is 5.91 Å². The van der Waals surface area contributed by atoms with Gasteiger partial charge in [-0.15, -0.1) is 0 Å². The van der Waals surface area contributed by atoms with E-state index >= 15 is 0 Å². The van der Waals surface area contributed by atoms with E-state index in [1.54, 1.807) is 13.0 Å². The van der Waals surface area contributed by atoms with E-state index in [0.717, 1.165) is 10.5 Å². The highest BCUT2D eigenvalue weighted by Crippen LogP contribution is 2.02. The molecule has 0 aliphatic rings. The molecular formula is C12H14N2O2. The van der Waals surface area contributed by atoms with Gasteiger partial charge in [-0.3, -0.25) is 9.69 Å². The van der Waals surface area contributed by atoms with Gasteiger partial charge < -0.3 is 5.73 Å². The summed E-state index contributed by atoms with van der Waals surface area (Å²) in [5, 5.41) is 0. The molecule has 1 aromatic carbocycles. The third kappa shape index (κ3) is 3.24. The van der Waals surface area contributed by atoms with E-state index in [1.165, 1.54) is 6.08 Å². The molecule has 2 N–H and O–H groups in total. The van der Waals surface area contributed by atoms with Gasteiger partial charge in [0.1, 0.15) is 0 Å². The fraction of sp³-hybridized carbons (Fsp3) is 0.167. The number of nitrogens with two attached hydrogens (primary N) is 1. The lowest BCUT2D eigenvalue weighted by atomic mass is 10.2. The molecule has 16 heavy (non-hydrogen) atoms. The Balaban J connectivity index is 2.71. The van der Waals surface area contributed by atoms with Crippen LogP contribution in [0.25, 0.3) is 6.08 Å². The molecule has 4 nitrogen and oxygen atoms in total. The van der Waals surface area contributed by atoms with Crippen LogP contribution in [-0.2, 0) is 4.79 Å². The van der Waals surface area contributed by atoms with Gasteiger partial charge >= 0.3 is 6.03 Å². The van der Waals surface area contributed by atoms with Crippen molar-refractivity contribution in [1.82, 2.24) is 4.90 Å². The van der Waals surface area contributed by atoms with Crippen LogP contribution in [0.2, 0.25) is 0 Å². The smallest absolute Gasteiger partial charge is 0.321 e. The molecular weight excluding hydrogens is 204 g/mol. The van der Waals surface area contributed by atoms with Crippen molar-refractivity contribution in [2.45, 2.75) is 6.92 Å². The number of amides is 3. The standard InChI is InChI=1S/C12H14N2O2/c1-2-14(12(13)16)11(15)9-8-10-6-4-3-5-7-10/h3-9H,2H2,1H3,(H2,13,16)/b9-8+. The zero-order valence-corrected chi connectivity index (χ0v) is 9.09. The van der Waals surface area contributed by atoms with E-state index in [2.05, 4.69) is 0 Å². The first-order valence-corrected chi connectivity index (χ1v) is 4.99. The molecule has 0 aromatic heterocycles. The Bertz CT molecular complexity index is 399. The number of primary amides is 1. The van der Waals surface area contributed by atoms with Crippen LogP contribution in [-0.4, -0.2) is 23.4 Å². The second-order valence-electron chi connectivity index (χ2n) is 3.16. The predicted molar refractivity (Wildman–Crippen MR) is 62.4 cm³/mol. The third-order valence-electron chi connectivity index (χ3n) is 2.07. The van der Waals surface area contributed by atoms with Crippen LogP contribution in [0.5, 0.6) is 0 Å². The highest BCUT2D eigenvalue weighted by atomic mass is 16.2. The summed E-state index contributed by atoms with van der Waals surface area (Å²) in [6, 6.07) is 8.63. The van der Waals surface area contributed by atoms with Crippen molar-refractivity contribution in [3.05, 3.63) is 42.0 Å². The number of hydrogen-bond acceptors (Lipinski definition) is 2. The number of carbonyl (C=O) groups is 2. The minimum Gasteiger partial charge on any atom is -0.351 e. The van der Waals surface area contributed by atoms with E-state index < -0.39 is 11.9 Å². The van der Waals surface area contributed by atoms with Gasteiger partial charge in [-0.2, -0.15) is 0 Å². The van der Waals surface area contributed by atoms with Crippen LogP contribution in [0, 0.1) is 0 Å². The van der Waals surface area contributed by atoms with Gasteiger partial charge in [-0.25, -0.2) is 4.79 Å². The number of urea groups is 1. The van der Waals surface area contributed by atoms with Crippen LogP contribution in [0.4, 0.5) is 4.79 Å². The molecule has 0 unspecified atom stereocenters. The number of likely N-dealkylation sites (N-methyl/N-ethyl adjacent to an activating group) is 1. The average molecular weight is 218 g/mol. The molecule has 0 aliphatic heterocycles. The highest BCUT2D eigenvalue weighted by molar-refractivity contribution is 6.01. The zero-order chi connectivity index (χ0) is 12.0. The molecule has 0 saturated carbocycles. The molecule has 0 atom stereocenters. The number of hydrogen-bond donors (Lipinski definition) is 1. The zero-order valence-electron chi connectivity index (χ0n) is 9.09. The molecule has 84 valence electrons. The molecule has 1 rings (SSSR count). The first-order valence-electron chi connectivity index (χ1n) is 4.99. The molecule has 0 fully saturated rings. The largest absolute Gasteiger partial charge is 0.351 e. The fourth-order valence-corrected chi connectivity index (χ4v) is 1.24. The van der Waals surface area contributed by atoms with E-state index in [4.69, 9.17) is 5.73 Å². The summed E-state index contributed by atoms with van der Waals surface area (Å²) in [6.07, 6.45) is 2.98. The Morgan fingerprint density at radius 1 is 1.31 bits per heavy atom. The maximum Gasteiger partial charge on any atom is 0.321 e. The normalized spacial score (nSPS) is 10.3. The summed E-state index contributed by atoms with van der Waals surface area (Å²) < 4.78 is 0. The van der Waals surface area contributed by atoms with Crippen LogP contribution in [0.1, 0.15) is 12.5 Å². The molecule has 0 bridgehead atoms. The fourth-order valence-electron chi connectivity index (χ4n) is 1.24. The minimum atomic E-state index is -0.731. The highest BCUT2D eigenvalue weighted by Gasteiger charge is 2.12. The lowest BCUT2D eigenvalue weighted by Gasteiger charge is -2.13. The number of imide groups is 1. The summed E-state index contributed by atoms with van der Waals surface area (Å²) in [5.41, 5.74) is 5.95. The summed E-state index contributed by atoms with van der Waals surface area (Å²) >= 11 is 0. The van der Waals surface area contributed by atoms with Crippen LogP contribution in [0.15, 0.2) is 36.4 Å². The van der Waals surface area contributed by atoms with E-state index in [0.29, 0.717) is 0 Å². The van der Waals surface area contributed by atoms with Gasteiger partial charge in [0.05, 0.1) is 0 Å². The Labute approximate surface area is 94.4 Å². The Morgan fingerprint density at radius 3 is 2.44 bits per heavy atom. The first-order chi connectivity index (χ1) is 7.65. The van der Waals surface area contributed by atoms with Crippen molar-refractivity contribution in [3.63, 3.8) is 0 Å². The maximum absolute atomic E-state index is 11.5. The molecule has 0 radical (unpaired) electrons. The van der Waals surface area contributed by atoms with Gasteiger partial charge in [-0.1, -0.05) is 30.3 Å². The van der Waals surface area contributed by atoms with Crippen molar-refractivity contribution in [2.75, 3.05) is 6.54 Å². The second kappa shape index (κ2) is 5.70. The number of rotatable bonds is 3.